The van der Waals surface area contributed by atoms with Gasteiger partial charge in [0.25, 0.3) is 0 Å². The van der Waals surface area contributed by atoms with Crippen molar-refractivity contribution in [3.05, 3.63) is 285 Å². The number of rotatable bonds is 27. The van der Waals surface area contributed by atoms with E-state index in [9.17, 15) is 34.5 Å². The molecular formula is C88H88N2O13. The van der Waals surface area contributed by atoms with E-state index in [1.165, 1.54) is 17.0 Å². The molecule has 9 aromatic rings. The number of phenolic OH excluding ortho intramolecular Hbond substituents is 1. The first-order valence-electron chi connectivity index (χ1n) is 36.0. The van der Waals surface area contributed by atoms with Crippen LogP contribution in [-0.2, 0) is 50.3 Å². The molecule has 2 saturated heterocycles. The van der Waals surface area contributed by atoms with Crippen molar-refractivity contribution in [3.63, 3.8) is 0 Å². The molecule has 15 heteroatoms. The summed E-state index contributed by atoms with van der Waals surface area (Å²) in [5.41, 5.74) is 10.2. The quantitative estimate of drug-likeness (QED) is 0.0251. The number of ether oxygens (including phenoxy) is 6. The van der Waals surface area contributed by atoms with Gasteiger partial charge in [0.15, 0.2) is 0 Å². The lowest BCUT2D eigenvalue weighted by Crippen LogP contribution is -2.56. The second-order valence-corrected chi connectivity index (χ2v) is 30.7. The van der Waals surface area contributed by atoms with Crippen molar-refractivity contribution in [1.29, 1.82) is 0 Å². The van der Waals surface area contributed by atoms with E-state index in [0.29, 0.717) is 35.2 Å². The van der Waals surface area contributed by atoms with E-state index >= 15 is 0 Å². The lowest BCUT2D eigenvalue weighted by atomic mass is 9.47. The van der Waals surface area contributed by atoms with Crippen molar-refractivity contribution >= 4 is 29.3 Å². The Balaban J connectivity index is 0.503. The van der Waals surface area contributed by atoms with Gasteiger partial charge in [0.1, 0.15) is 74.2 Å². The fourth-order valence-corrected chi connectivity index (χ4v) is 18.1. The second-order valence-electron chi connectivity index (χ2n) is 30.7. The number of amides is 4. The molecule has 528 valence electrons. The van der Waals surface area contributed by atoms with Crippen LogP contribution in [0.5, 0.6) is 28.7 Å². The Labute approximate surface area is 601 Å². The number of carbonyl (C=O) groups is 4. The van der Waals surface area contributed by atoms with Gasteiger partial charge >= 0.3 is 0 Å². The van der Waals surface area contributed by atoms with Gasteiger partial charge < -0.3 is 43.7 Å². The van der Waals surface area contributed by atoms with E-state index in [-0.39, 0.29) is 93.1 Å². The molecule has 103 heavy (non-hydrogen) atoms. The first-order valence-corrected chi connectivity index (χ1v) is 36.0. The molecule has 15 nitrogen and oxygen atoms in total. The van der Waals surface area contributed by atoms with Crippen molar-refractivity contribution in [2.75, 3.05) is 57.9 Å². The maximum atomic E-state index is 14.9. The zero-order valence-corrected chi connectivity index (χ0v) is 59.3. The van der Waals surface area contributed by atoms with Gasteiger partial charge in [-0.05, 0) is 151 Å². The molecule has 0 aromatic heterocycles. The van der Waals surface area contributed by atoms with Crippen LogP contribution in [0.2, 0.25) is 0 Å². The van der Waals surface area contributed by atoms with E-state index in [0.717, 1.165) is 79.6 Å². The number of carbonyl (C=O) groups excluding carboxylic acids is 4. The van der Waals surface area contributed by atoms with Crippen LogP contribution in [0.1, 0.15) is 140 Å². The number of hydrogen-bond acceptors (Lipinski definition) is 13. The summed E-state index contributed by atoms with van der Waals surface area (Å²) in [6, 6.07) is 70.9. The molecule has 0 spiro atoms. The lowest BCUT2D eigenvalue weighted by molar-refractivity contribution is -0.142. The normalized spacial score (nSPS) is 22.6. The highest BCUT2D eigenvalue weighted by Crippen LogP contribution is 2.66. The molecular weight excluding hydrogens is 1290 g/mol. The largest absolute Gasteiger partial charge is 0.508 e. The van der Waals surface area contributed by atoms with Crippen LogP contribution in [0.25, 0.3) is 0 Å². The number of hydrogen-bond donors (Lipinski definition) is 3. The fraction of sp³-hybridized carbons (Fsp3) is 0.341. The Morgan fingerprint density at radius 1 is 0.417 bits per heavy atom. The van der Waals surface area contributed by atoms with Gasteiger partial charge in [-0.25, -0.2) is 4.90 Å². The summed E-state index contributed by atoms with van der Waals surface area (Å²) < 4.78 is 36.7. The van der Waals surface area contributed by atoms with Crippen LogP contribution in [0.15, 0.2) is 218 Å². The summed E-state index contributed by atoms with van der Waals surface area (Å²) in [6.45, 7) is 15.5. The average molecular weight is 1380 g/mol. The Morgan fingerprint density at radius 2 is 0.767 bits per heavy atom. The van der Waals surface area contributed by atoms with E-state index in [2.05, 4.69) is 121 Å². The SMILES string of the molecule is CCCC(C)(C)CN1C(=O)C2C3c4ccccc4C(COc4ccc(C(C)(C)c5ccc(OCC(O)COCOCC(O)COc6ccc(C(C)(C)c7ccc(OCC89c%10ccccc%10C(c%10ccccc%108)C8C(=O)N(c%10ccc(O)cc%10)C(=O)C89)cc7)cc6)cc5)cc4)(c4ccccc43)C2C1=O. The number of aliphatic hydroxyl groups excluding tert-OH is 2. The number of phenols is 1. The smallest absolute Gasteiger partial charge is 0.239 e. The van der Waals surface area contributed by atoms with Crippen LogP contribution < -0.4 is 23.8 Å². The zero-order valence-electron chi connectivity index (χ0n) is 59.3. The van der Waals surface area contributed by atoms with Crippen LogP contribution in [0.3, 0.4) is 0 Å². The van der Waals surface area contributed by atoms with E-state index < -0.39 is 57.5 Å². The van der Waals surface area contributed by atoms with Gasteiger partial charge in [0.2, 0.25) is 23.6 Å². The average Bonchev–Trinajstić information content (AvgIpc) is 1.64. The first-order chi connectivity index (χ1) is 49.7. The zero-order chi connectivity index (χ0) is 71.7. The molecule has 4 amide bonds. The van der Waals surface area contributed by atoms with E-state index in [4.69, 9.17) is 28.4 Å². The summed E-state index contributed by atoms with van der Waals surface area (Å²) in [5, 5.41) is 31.6. The van der Waals surface area contributed by atoms with E-state index in [1.54, 1.807) is 17.0 Å². The minimum absolute atomic E-state index is 0.00665. The first kappa shape index (κ1) is 68.8. The molecule has 6 aliphatic carbocycles. The minimum atomic E-state index is -0.961. The maximum Gasteiger partial charge on any atom is 0.239 e. The van der Waals surface area contributed by atoms with E-state index in [1.807, 2.05) is 121 Å². The third kappa shape index (κ3) is 11.9. The topological polar surface area (TPSA) is 191 Å². The molecule has 2 aliphatic heterocycles. The highest BCUT2D eigenvalue weighted by atomic mass is 16.7. The number of aromatic hydroxyl groups is 1. The highest BCUT2D eigenvalue weighted by Gasteiger charge is 2.70. The molecule has 2 heterocycles. The van der Waals surface area contributed by atoms with Gasteiger partial charge in [-0.15, -0.1) is 0 Å². The highest BCUT2D eigenvalue weighted by molar-refractivity contribution is 6.24. The van der Waals surface area contributed by atoms with Gasteiger partial charge in [0, 0.05) is 29.2 Å². The Hall–Kier alpha value is -9.90. The summed E-state index contributed by atoms with van der Waals surface area (Å²) in [4.78, 5) is 61.9. The summed E-state index contributed by atoms with van der Waals surface area (Å²) >= 11 is 0. The van der Waals surface area contributed by atoms with Crippen LogP contribution in [-0.4, -0.2) is 109 Å². The van der Waals surface area contributed by atoms with Crippen molar-refractivity contribution in [2.24, 2.45) is 29.1 Å². The van der Waals surface area contributed by atoms with Crippen molar-refractivity contribution < 1.29 is 62.9 Å². The number of benzene rings is 9. The second kappa shape index (κ2) is 27.0. The Morgan fingerprint density at radius 3 is 1.15 bits per heavy atom. The number of anilines is 1. The summed E-state index contributed by atoms with van der Waals surface area (Å²) in [5.74, 6) is -1.11. The summed E-state index contributed by atoms with van der Waals surface area (Å²) in [6.07, 6.45) is -0.00366. The molecule has 6 atom stereocenters. The molecule has 4 bridgehead atoms. The maximum absolute atomic E-state index is 14.9. The number of aliphatic hydroxyl groups is 2. The van der Waals surface area contributed by atoms with Gasteiger partial charge in [-0.3, -0.25) is 24.1 Å². The standard InChI is InChI=1S/C88H88N2O13/c1-8-45-84(2,3)50-89-80(94)76-74-66-17-9-13-21-70(66)87(78(76)82(89)96,71-22-14-10-18-67(71)74)51-102-64-41-29-56(30-42-64)85(4,5)54-25-37-62(38-26-54)100-48-60(92)46-98-53-99-47-61(93)49-101-63-39-27-55(28-40-63)86(6,7)57-31-43-65(44-32-57)103-52-88-72-23-15-11-19-68(72)75(69-20-12-16-24-73(69)88)77-79(88)83(97)90(81(77)95)58-33-35-59(91)36-34-58/h9-44,60-61,74-79,91-93H,8,45-53H2,1-7H3. The molecule has 2 fully saturated rings. The number of likely N-dealkylation sites (tertiary alicyclic amines) is 1. The number of imide groups is 2. The van der Waals surface area contributed by atoms with Crippen LogP contribution in [0, 0.1) is 29.1 Å². The van der Waals surface area contributed by atoms with Gasteiger partial charge in [-0.2, -0.15) is 0 Å². The van der Waals surface area contributed by atoms with Crippen molar-refractivity contribution in [2.45, 2.75) is 107 Å². The molecule has 3 N–H and O–H groups in total. The van der Waals surface area contributed by atoms with Crippen molar-refractivity contribution in [3.8, 4) is 28.7 Å². The molecule has 0 radical (unpaired) electrons. The molecule has 9 aromatic carbocycles. The Kier molecular flexibility index (Phi) is 18.1. The Bertz CT molecular complexity index is 4570. The minimum Gasteiger partial charge on any atom is -0.508 e. The van der Waals surface area contributed by atoms with Gasteiger partial charge in [-0.1, -0.05) is 200 Å². The van der Waals surface area contributed by atoms with Gasteiger partial charge in [0.05, 0.1) is 53.4 Å². The lowest BCUT2D eigenvalue weighted by Gasteiger charge is -2.53. The molecule has 17 rings (SSSR count). The van der Waals surface area contributed by atoms with Crippen LogP contribution >= 0.6 is 0 Å². The predicted molar refractivity (Wildman–Crippen MR) is 392 cm³/mol. The van der Waals surface area contributed by atoms with Crippen LogP contribution in [0.4, 0.5) is 5.69 Å². The van der Waals surface area contributed by atoms with Crippen molar-refractivity contribution in [1.82, 2.24) is 4.90 Å². The third-order valence-corrected chi connectivity index (χ3v) is 23.2. The predicted octanol–water partition coefficient (Wildman–Crippen LogP) is 14.1. The molecule has 0 saturated carbocycles. The third-order valence-electron chi connectivity index (χ3n) is 23.2. The fourth-order valence-electron chi connectivity index (χ4n) is 18.1. The number of nitrogens with zero attached hydrogens (tertiary/aromatic N) is 2. The molecule has 8 aliphatic rings. The monoisotopic (exact) mass is 1380 g/mol. The molecule has 6 unspecified atom stereocenters. The summed E-state index contributed by atoms with van der Waals surface area (Å²) in [7, 11) is 0.